The summed E-state index contributed by atoms with van der Waals surface area (Å²) in [5.74, 6) is -1.56. The number of hydrogen-bond acceptors (Lipinski definition) is 4. The van der Waals surface area contributed by atoms with Gasteiger partial charge in [0, 0.05) is 5.92 Å². The lowest BCUT2D eigenvalue weighted by Crippen LogP contribution is -2.32. The molecule has 1 saturated carbocycles. The van der Waals surface area contributed by atoms with E-state index in [1.54, 1.807) is 0 Å². The van der Waals surface area contributed by atoms with E-state index in [4.69, 9.17) is 10.2 Å². The summed E-state index contributed by atoms with van der Waals surface area (Å²) >= 11 is 0. The Morgan fingerprint density at radius 3 is 2.36 bits per heavy atom. The van der Waals surface area contributed by atoms with Crippen molar-refractivity contribution in [1.82, 2.24) is 0 Å². The van der Waals surface area contributed by atoms with Gasteiger partial charge < -0.3 is 10.2 Å². The van der Waals surface area contributed by atoms with Crippen LogP contribution >= 0.6 is 0 Å². The minimum Gasteiger partial charge on any atom is -0.393 e. The molecule has 0 heterocycles. The molecular weight excluding hydrogens is 148 g/mol. The summed E-state index contributed by atoms with van der Waals surface area (Å²) in [7, 11) is 0. The zero-order chi connectivity index (χ0) is 8.43. The molecular formula is C7H10O4. The molecule has 0 amide bonds. The number of ketones is 2. The van der Waals surface area contributed by atoms with E-state index in [-0.39, 0.29) is 5.92 Å². The number of Topliss-reactive ketones (excluding diaryl/α,β-unsaturated/α-hetero) is 2. The zero-order valence-electron chi connectivity index (χ0n) is 5.99. The van der Waals surface area contributed by atoms with E-state index >= 15 is 0 Å². The van der Waals surface area contributed by atoms with E-state index in [1.165, 1.54) is 0 Å². The van der Waals surface area contributed by atoms with Crippen LogP contribution in [-0.4, -0.2) is 34.5 Å². The van der Waals surface area contributed by atoms with Crippen LogP contribution in [0.2, 0.25) is 0 Å². The Labute approximate surface area is 63.8 Å². The third-order valence-electron chi connectivity index (χ3n) is 1.67. The monoisotopic (exact) mass is 158 g/mol. The quantitative estimate of drug-likeness (QED) is 0.508. The molecule has 0 bridgehead atoms. The fourth-order valence-corrected chi connectivity index (χ4v) is 0.794. The number of rotatable bonds is 4. The molecule has 0 aliphatic heterocycles. The van der Waals surface area contributed by atoms with Crippen LogP contribution in [0.25, 0.3) is 0 Å². The first-order valence-corrected chi connectivity index (χ1v) is 3.53. The molecule has 11 heavy (non-hydrogen) atoms. The van der Waals surface area contributed by atoms with Gasteiger partial charge in [-0.1, -0.05) is 0 Å². The average molecular weight is 158 g/mol. The second-order valence-electron chi connectivity index (χ2n) is 2.70. The molecule has 1 aliphatic rings. The van der Waals surface area contributed by atoms with E-state index < -0.39 is 24.3 Å². The van der Waals surface area contributed by atoms with Gasteiger partial charge in [0.05, 0.1) is 6.61 Å². The Bertz CT molecular complexity index is 183. The van der Waals surface area contributed by atoms with Crippen LogP contribution in [0.1, 0.15) is 12.8 Å². The van der Waals surface area contributed by atoms with Gasteiger partial charge in [0.2, 0.25) is 11.6 Å². The predicted octanol–water partition coefficient (Wildman–Crippen LogP) is -1.11. The van der Waals surface area contributed by atoms with Gasteiger partial charge >= 0.3 is 0 Å². The molecule has 0 saturated heterocycles. The number of carbonyl (C=O) groups is 2. The normalized spacial score (nSPS) is 19.5. The highest BCUT2D eigenvalue weighted by Crippen LogP contribution is 2.30. The summed E-state index contributed by atoms with van der Waals surface area (Å²) in [6.45, 7) is -0.669. The van der Waals surface area contributed by atoms with Crippen LogP contribution in [0.5, 0.6) is 0 Å². The molecule has 1 fully saturated rings. The fourth-order valence-electron chi connectivity index (χ4n) is 0.794. The third-order valence-corrected chi connectivity index (χ3v) is 1.67. The summed E-state index contributed by atoms with van der Waals surface area (Å²) < 4.78 is 0. The summed E-state index contributed by atoms with van der Waals surface area (Å²) in [4.78, 5) is 21.7. The van der Waals surface area contributed by atoms with Crippen LogP contribution in [0, 0.1) is 5.92 Å². The Balaban J connectivity index is 2.45. The Hall–Kier alpha value is -0.740. The van der Waals surface area contributed by atoms with Gasteiger partial charge in [0.25, 0.3) is 0 Å². The first-order valence-electron chi connectivity index (χ1n) is 3.53. The largest absolute Gasteiger partial charge is 0.393 e. The SMILES string of the molecule is O=C(C(=O)C1CC1)C(O)CO. The van der Waals surface area contributed by atoms with Gasteiger partial charge in [-0.15, -0.1) is 0 Å². The molecule has 1 unspecified atom stereocenters. The van der Waals surface area contributed by atoms with Crippen molar-refractivity contribution in [2.24, 2.45) is 5.92 Å². The van der Waals surface area contributed by atoms with Gasteiger partial charge in [0.15, 0.2) is 0 Å². The lowest BCUT2D eigenvalue weighted by Gasteiger charge is -2.02. The molecule has 2 N–H and O–H groups in total. The predicted molar refractivity (Wildman–Crippen MR) is 35.8 cm³/mol. The van der Waals surface area contributed by atoms with Crippen LogP contribution in [0.3, 0.4) is 0 Å². The first kappa shape index (κ1) is 8.36. The average Bonchev–Trinajstić information content (AvgIpc) is 2.82. The minimum absolute atomic E-state index is 0.177. The maximum absolute atomic E-state index is 10.9. The van der Waals surface area contributed by atoms with Gasteiger partial charge in [-0.2, -0.15) is 0 Å². The second kappa shape index (κ2) is 3.11. The van der Waals surface area contributed by atoms with E-state index in [9.17, 15) is 9.59 Å². The summed E-state index contributed by atoms with van der Waals surface area (Å²) in [5, 5.41) is 17.1. The topological polar surface area (TPSA) is 74.6 Å². The molecule has 0 aromatic rings. The van der Waals surface area contributed by atoms with Crippen molar-refractivity contribution < 1.29 is 19.8 Å². The number of carbonyl (C=O) groups excluding carboxylic acids is 2. The molecule has 0 aromatic carbocycles. The Morgan fingerprint density at radius 2 is 2.00 bits per heavy atom. The maximum Gasteiger partial charge on any atom is 0.229 e. The molecule has 4 nitrogen and oxygen atoms in total. The van der Waals surface area contributed by atoms with Gasteiger partial charge in [-0.3, -0.25) is 9.59 Å². The van der Waals surface area contributed by atoms with Crippen molar-refractivity contribution in [3.8, 4) is 0 Å². The van der Waals surface area contributed by atoms with Gasteiger partial charge in [0.1, 0.15) is 6.10 Å². The Kier molecular flexibility index (Phi) is 2.36. The van der Waals surface area contributed by atoms with Crippen LogP contribution in [0.15, 0.2) is 0 Å². The number of hydrogen-bond donors (Lipinski definition) is 2. The summed E-state index contributed by atoms with van der Waals surface area (Å²) in [5.41, 5.74) is 0. The zero-order valence-corrected chi connectivity index (χ0v) is 5.99. The second-order valence-corrected chi connectivity index (χ2v) is 2.70. The van der Waals surface area contributed by atoms with Crippen LogP contribution in [0.4, 0.5) is 0 Å². The van der Waals surface area contributed by atoms with E-state index in [0.717, 1.165) is 12.8 Å². The highest BCUT2D eigenvalue weighted by Gasteiger charge is 2.36. The smallest absolute Gasteiger partial charge is 0.229 e. The number of aliphatic hydroxyl groups is 2. The molecule has 1 rings (SSSR count). The lowest BCUT2D eigenvalue weighted by atomic mass is 10.1. The molecule has 0 aromatic heterocycles. The summed E-state index contributed by atoms with van der Waals surface area (Å²) in [6.07, 6.45) is -0.0334. The van der Waals surface area contributed by atoms with Crippen molar-refractivity contribution >= 4 is 11.6 Å². The van der Waals surface area contributed by atoms with Crippen LogP contribution in [-0.2, 0) is 9.59 Å². The fraction of sp³-hybridized carbons (Fsp3) is 0.714. The van der Waals surface area contributed by atoms with E-state index in [0.29, 0.717) is 0 Å². The van der Waals surface area contributed by atoms with Crippen molar-refractivity contribution in [3.63, 3.8) is 0 Å². The van der Waals surface area contributed by atoms with Crippen molar-refractivity contribution in [2.45, 2.75) is 18.9 Å². The molecule has 0 radical (unpaired) electrons. The van der Waals surface area contributed by atoms with E-state index in [1.807, 2.05) is 0 Å². The molecule has 62 valence electrons. The third kappa shape index (κ3) is 1.85. The summed E-state index contributed by atoms with van der Waals surface area (Å²) in [6, 6.07) is 0. The minimum atomic E-state index is -1.51. The molecule has 0 spiro atoms. The van der Waals surface area contributed by atoms with Crippen molar-refractivity contribution in [3.05, 3.63) is 0 Å². The lowest BCUT2D eigenvalue weighted by molar-refractivity contribution is -0.143. The number of aliphatic hydroxyl groups excluding tert-OH is 2. The van der Waals surface area contributed by atoms with E-state index in [2.05, 4.69) is 0 Å². The van der Waals surface area contributed by atoms with Crippen molar-refractivity contribution in [2.75, 3.05) is 6.61 Å². The Morgan fingerprint density at radius 1 is 1.45 bits per heavy atom. The molecule has 4 heteroatoms. The molecule has 1 aliphatic carbocycles. The standard InChI is InChI=1S/C7H10O4/c8-3-5(9)7(11)6(10)4-1-2-4/h4-5,8-9H,1-3H2. The maximum atomic E-state index is 10.9. The first-order chi connectivity index (χ1) is 5.16. The highest BCUT2D eigenvalue weighted by molar-refractivity contribution is 6.40. The van der Waals surface area contributed by atoms with Gasteiger partial charge in [-0.05, 0) is 12.8 Å². The molecule has 1 atom stereocenters. The van der Waals surface area contributed by atoms with Gasteiger partial charge in [-0.25, -0.2) is 0 Å². The highest BCUT2D eigenvalue weighted by atomic mass is 16.3. The van der Waals surface area contributed by atoms with Crippen molar-refractivity contribution in [1.29, 1.82) is 0 Å². The van der Waals surface area contributed by atoms with Crippen LogP contribution < -0.4 is 0 Å².